The van der Waals surface area contributed by atoms with Crippen LogP contribution >= 0.6 is 22.9 Å². The molecule has 0 spiro atoms. The monoisotopic (exact) mass is 450 g/mol. The lowest BCUT2D eigenvalue weighted by Crippen LogP contribution is -2.27. The number of hydrogen-bond acceptors (Lipinski definition) is 4. The lowest BCUT2D eigenvalue weighted by Gasteiger charge is -2.16. The maximum Gasteiger partial charge on any atom is 0.433 e. The number of aromatic nitrogens is 3. The maximum atomic E-state index is 13.7. The summed E-state index contributed by atoms with van der Waals surface area (Å²) in [4.78, 5) is 19.0. The first-order valence-corrected chi connectivity index (χ1v) is 10.0. The van der Waals surface area contributed by atoms with E-state index in [4.69, 9.17) is 11.6 Å². The van der Waals surface area contributed by atoms with Gasteiger partial charge < -0.3 is 4.90 Å². The van der Waals surface area contributed by atoms with Crippen molar-refractivity contribution in [1.29, 1.82) is 0 Å². The first-order chi connectivity index (χ1) is 14.3. The van der Waals surface area contributed by atoms with E-state index in [9.17, 15) is 18.0 Å². The summed E-state index contributed by atoms with van der Waals surface area (Å²) in [5.74, 6) is -0.597. The zero-order chi connectivity index (χ0) is 21.5. The average Bonchev–Trinajstić information content (AvgIpc) is 3.35. The highest BCUT2D eigenvalue weighted by molar-refractivity contribution is 7.13. The van der Waals surface area contributed by atoms with Gasteiger partial charge in [0.25, 0.3) is 5.91 Å². The SMILES string of the molecule is CN(Cc1ccccc1)C(=O)c1nn2c(C(F)(F)F)cc(-c3cccs3)nc2c1Cl. The minimum atomic E-state index is -4.71. The Balaban J connectivity index is 1.80. The lowest BCUT2D eigenvalue weighted by molar-refractivity contribution is -0.142. The van der Waals surface area contributed by atoms with E-state index in [2.05, 4.69) is 10.1 Å². The van der Waals surface area contributed by atoms with Gasteiger partial charge in [-0.2, -0.15) is 18.3 Å². The minimum Gasteiger partial charge on any atom is -0.336 e. The molecule has 0 fully saturated rings. The summed E-state index contributed by atoms with van der Waals surface area (Å²) in [5.41, 5.74) is -0.573. The fraction of sp³-hybridized carbons (Fsp3) is 0.150. The third-order valence-corrected chi connectivity index (χ3v) is 5.65. The molecule has 4 rings (SSSR count). The van der Waals surface area contributed by atoms with Gasteiger partial charge in [-0.15, -0.1) is 11.3 Å². The summed E-state index contributed by atoms with van der Waals surface area (Å²) in [6.45, 7) is 0.254. The second kappa shape index (κ2) is 7.73. The molecule has 0 bridgehead atoms. The molecule has 0 N–H and O–H groups in total. The number of nitrogens with zero attached hydrogens (tertiary/aromatic N) is 4. The van der Waals surface area contributed by atoms with Gasteiger partial charge in [-0.05, 0) is 23.1 Å². The summed E-state index contributed by atoms with van der Waals surface area (Å²) in [6, 6.07) is 13.5. The Morgan fingerprint density at radius 2 is 1.93 bits per heavy atom. The third kappa shape index (κ3) is 3.78. The van der Waals surface area contributed by atoms with Crippen molar-refractivity contribution < 1.29 is 18.0 Å². The van der Waals surface area contributed by atoms with E-state index in [-0.39, 0.29) is 28.6 Å². The summed E-state index contributed by atoms with van der Waals surface area (Å²) in [6.07, 6.45) is -4.71. The van der Waals surface area contributed by atoms with Crippen molar-refractivity contribution in [2.45, 2.75) is 12.7 Å². The number of thiophene rings is 1. The minimum absolute atomic E-state index is 0.114. The molecule has 3 heterocycles. The molecule has 1 amide bonds. The van der Waals surface area contributed by atoms with Crippen molar-refractivity contribution in [3.05, 3.63) is 75.9 Å². The van der Waals surface area contributed by atoms with Crippen LogP contribution in [0.15, 0.2) is 53.9 Å². The molecule has 5 nitrogen and oxygen atoms in total. The number of halogens is 4. The van der Waals surface area contributed by atoms with Crippen LogP contribution in [0.25, 0.3) is 16.2 Å². The molecule has 0 aliphatic rings. The van der Waals surface area contributed by atoms with Crippen LogP contribution in [0, 0.1) is 0 Å². The van der Waals surface area contributed by atoms with Crippen molar-refractivity contribution >= 4 is 34.5 Å². The van der Waals surface area contributed by atoms with Crippen LogP contribution in [0.2, 0.25) is 5.02 Å². The van der Waals surface area contributed by atoms with E-state index < -0.39 is 17.8 Å². The normalized spacial score (nSPS) is 11.8. The van der Waals surface area contributed by atoms with Crippen LogP contribution < -0.4 is 0 Å². The second-order valence-electron chi connectivity index (χ2n) is 6.55. The number of carbonyl (C=O) groups excluding carboxylic acids is 1. The molecule has 154 valence electrons. The van der Waals surface area contributed by atoms with Crippen molar-refractivity contribution in [3.63, 3.8) is 0 Å². The van der Waals surface area contributed by atoms with E-state index in [0.29, 0.717) is 9.39 Å². The second-order valence-corrected chi connectivity index (χ2v) is 7.87. The Kier molecular flexibility index (Phi) is 5.25. The van der Waals surface area contributed by atoms with Crippen molar-refractivity contribution in [2.75, 3.05) is 7.05 Å². The van der Waals surface area contributed by atoms with Gasteiger partial charge in [-0.1, -0.05) is 48.0 Å². The van der Waals surface area contributed by atoms with Crippen LogP contribution in [-0.4, -0.2) is 32.5 Å². The zero-order valence-electron chi connectivity index (χ0n) is 15.5. The van der Waals surface area contributed by atoms with Crippen molar-refractivity contribution in [3.8, 4) is 10.6 Å². The number of hydrogen-bond donors (Lipinski definition) is 0. The molecule has 4 aromatic rings. The molecular formula is C20H14ClF3N4OS. The van der Waals surface area contributed by atoms with E-state index in [0.717, 1.165) is 11.6 Å². The molecule has 10 heteroatoms. The lowest BCUT2D eigenvalue weighted by atomic mass is 10.2. The Morgan fingerprint density at radius 1 is 1.20 bits per heavy atom. The fourth-order valence-electron chi connectivity index (χ4n) is 2.99. The quantitative estimate of drug-likeness (QED) is 0.418. The van der Waals surface area contributed by atoms with Gasteiger partial charge in [0.1, 0.15) is 5.02 Å². The first kappa shape index (κ1) is 20.4. The van der Waals surface area contributed by atoms with E-state index in [1.54, 1.807) is 17.5 Å². The molecule has 0 saturated carbocycles. The van der Waals surface area contributed by atoms with E-state index >= 15 is 0 Å². The predicted octanol–water partition coefficient (Wildman–Crippen LogP) is 5.40. The van der Waals surface area contributed by atoms with Gasteiger partial charge in [-0.3, -0.25) is 4.79 Å². The maximum absolute atomic E-state index is 13.7. The van der Waals surface area contributed by atoms with Crippen LogP contribution in [0.3, 0.4) is 0 Å². The Bertz CT molecular complexity index is 1210. The highest BCUT2D eigenvalue weighted by Gasteiger charge is 2.37. The van der Waals surface area contributed by atoms with Crippen LogP contribution in [0.4, 0.5) is 13.2 Å². The number of benzene rings is 1. The Hall–Kier alpha value is -2.91. The van der Waals surface area contributed by atoms with Gasteiger partial charge in [0, 0.05) is 13.6 Å². The topological polar surface area (TPSA) is 50.5 Å². The molecule has 3 aromatic heterocycles. The first-order valence-electron chi connectivity index (χ1n) is 8.75. The summed E-state index contributed by atoms with van der Waals surface area (Å²) >= 11 is 7.55. The fourth-order valence-corrected chi connectivity index (χ4v) is 3.92. The number of alkyl halides is 3. The number of amides is 1. The van der Waals surface area contributed by atoms with Crippen LogP contribution in [0.1, 0.15) is 21.7 Å². The third-order valence-electron chi connectivity index (χ3n) is 4.41. The van der Waals surface area contributed by atoms with Gasteiger partial charge in [0.15, 0.2) is 17.0 Å². The number of rotatable bonds is 4. The molecule has 30 heavy (non-hydrogen) atoms. The smallest absolute Gasteiger partial charge is 0.336 e. The van der Waals surface area contributed by atoms with Crippen molar-refractivity contribution in [1.82, 2.24) is 19.5 Å². The molecule has 0 atom stereocenters. The van der Waals surface area contributed by atoms with E-state index in [1.807, 2.05) is 30.3 Å². The van der Waals surface area contributed by atoms with Gasteiger partial charge in [0.05, 0.1) is 10.6 Å². The zero-order valence-corrected chi connectivity index (χ0v) is 17.1. The van der Waals surface area contributed by atoms with Gasteiger partial charge >= 0.3 is 6.18 Å². The largest absolute Gasteiger partial charge is 0.433 e. The number of carbonyl (C=O) groups is 1. The average molecular weight is 451 g/mol. The molecule has 0 aliphatic heterocycles. The summed E-state index contributed by atoms with van der Waals surface area (Å²) in [5, 5.41) is 5.40. The van der Waals surface area contributed by atoms with Crippen LogP contribution in [-0.2, 0) is 12.7 Å². The number of fused-ring (bicyclic) bond motifs is 1. The highest BCUT2D eigenvalue weighted by Crippen LogP contribution is 2.35. The van der Waals surface area contributed by atoms with E-state index in [1.165, 1.54) is 23.3 Å². The summed E-state index contributed by atoms with van der Waals surface area (Å²) < 4.78 is 41.7. The molecule has 0 aliphatic carbocycles. The Labute approximate surface area is 178 Å². The van der Waals surface area contributed by atoms with Gasteiger partial charge in [-0.25, -0.2) is 9.50 Å². The summed E-state index contributed by atoms with van der Waals surface area (Å²) in [7, 11) is 1.53. The predicted molar refractivity (Wildman–Crippen MR) is 109 cm³/mol. The molecule has 0 saturated heterocycles. The molecule has 0 unspecified atom stereocenters. The molecule has 1 aromatic carbocycles. The Morgan fingerprint density at radius 3 is 2.57 bits per heavy atom. The van der Waals surface area contributed by atoms with Crippen molar-refractivity contribution in [2.24, 2.45) is 0 Å². The highest BCUT2D eigenvalue weighted by atomic mass is 35.5. The molecular weight excluding hydrogens is 437 g/mol. The molecule has 0 radical (unpaired) electrons. The van der Waals surface area contributed by atoms with Gasteiger partial charge in [0.2, 0.25) is 0 Å². The van der Waals surface area contributed by atoms with Crippen LogP contribution in [0.5, 0.6) is 0 Å². The standard InChI is InChI=1S/C20H14ClF3N4OS/c1-27(11-12-6-3-2-4-7-12)19(29)17-16(21)18-25-13(14-8-5-9-30-14)10-15(20(22,23)24)28(18)26-17/h2-10H,11H2,1H3.